The van der Waals surface area contributed by atoms with Gasteiger partial charge in [-0.2, -0.15) is 0 Å². The van der Waals surface area contributed by atoms with Crippen LogP contribution in [0.5, 0.6) is 0 Å². The third kappa shape index (κ3) is 2.62. The first-order valence-corrected chi connectivity index (χ1v) is 4.25. The fourth-order valence-corrected chi connectivity index (χ4v) is 1.15. The van der Waals surface area contributed by atoms with Crippen LogP contribution >= 0.6 is 0 Å². The van der Waals surface area contributed by atoms with E-state index in [9.17, 15) is 18.0 Å². The summed E-state index contributed by atoms with van der Waals surface area (Å²) in [5.74, 6) is -2.18. The van der Waals surface area contributed by atoms with Gasteiger partial charge in [0.25, 0.3) is 6.43 Å². The van der Waals surface area contributed by atoms with Crippen molar-refractivity contribution in [2.45, 2.75) is 12.8 Å². The molecule has 0 aliphatic rings. The Bertz CT molecular complexity index is 410. The van der Waals surface area contributed by atoms with Crippen molar-refractivity contribution >= 4 is 11.8 Å². The molecule has 0 atom stereocenters. The van der Waals surface area contributed by atoms with Crippen molar-refractivity contribution in [3.05, 3.63) is 23.1 Å². The van der Waals surface area contributed by atoms with Crippen molar-refractivity contribution in [1.29, 1.82) is 0 Å². The highest BCUT2D eigenvalue weighted by molar-refractivity contribution is 5.73. The molecule has 1 rings (SSSR count). The second-order valence-electron chi connectivity index (χ2n) is 2.95. The highest BCUT2D eigenvalue weighted by Gasteiger charge is 2.21. The number of aromatic nitrogens is 1. The molecule has 7 heteroatoms. The third-order valence-corrected chi connectivity index (χ3v) is 1.88. The van der Waals surface area contributed by atoms with Gasteiger partial charge in [-0.1, -0.05) is 0 Å². The number of nitrogens with two attached hydrogens (primary N) is 1. The lowest BCUT2D eigenvalue weighted by Gasteiger charge is -2.09. The number of nitrogens with zero attached hydrogens (tertiary/aromatic N) is 1. The summed E-state index contributed by atoms with van der Waals surface area (Å²) in [6, 6.07) is 0.782. The average molecular weight is 234 g/mol. The number of hydrogen-bond acceptors (Lipinski definition) is 4. The van der Waals surface area contributed by atoms with E-state index in [1.54, 1.807) is 0 Å². The molecule has 1 aromatic rings. The number of halogens is 3. The maximum atomic E-state index is 13.3. The van der Waals surface area contributed by atoms with Crippen molar-refractivity contribution in [2.75, 3.05) is 12.8 Å². The first kappa shape index (κ1) is 12.3. The highest BCUT2D eigenvalue weighted by Crippen LogP contribution is 2.25. The zero-order chi connectivity index (χ0) is 12.3. The van der Waals surface area contributed by atoms with Crippen LogP contribution in [0, 0.1) is 5.82 Å². The van der Waals surface area contributed by atoms with Crippen LogP contribution in [0.3, 0.4) is 0 Å². The Morgan fingerprint density at radius 2 is 2.25 bits per heavy atom. The van der Waals surface area contributed by atoms with E-state index >= 15 is 0 Å². The number of ether oxygens (including phenoxy) is 1. The number of hydrogen-bond donors (Lipinski definition) is 1. The summed E-state index contributed by atoms with van der Waals surface area (Å²) in [5, 5.41) is 0. The van der Waals surface area contributed by atoms with Gasteiger partial charge in [-0.15, -0.1) is 0 Å². The first-order valence-electron chi connectivity index (χ1n) is 4.25. The van der Waals surface area contributed by atoms with E-state index in [4.69, 9.17) is 5.73 Å². The second-order valence-corrected chi connectivity index (χ2v) is 2.95. The monoisotopic (exact) mass is 234 g/mol. The van der Waals surface area contributed by atoms with Crippen molar-refractivity contribution in [3.8, 4) is 0 Å². The number of nitrogen functional groups attached to an aromatic ring is 1. The van der Waals surface area contributed by atoms with Crippen LogP contribution in [0.15, 0.2) is 6.07 Å². The van der Waals surface area contributed by atoms with E-state index in [1.807, 2.05) is 0 Å². The van der Waals surface area contributed by atoms with Gasteiger partial charge >= 0.3 is 5.97 Å². The largest absolute Gasteiger partial charge is 0.469 e. The predicted molar refractivity (Wildman–Crippen MR) is 49.3 cm³/mol. The van der Waals surface area contributed by atoms with E-state index in [0.717, 1.165) is 13.2 Å². The van der Waals surface area contributed by atoms with Gasteiger partial charge in [0.2, 0.25) is 0 Å². The molecule has 0 aliphatic heterocycles. The molecule has 0 saturated carbocycles. The van der Waals surface area contributed by atoms with E-state index in [-0.39, 0.29) is 5.82 Å². The second kappa shape index (κ2) is 4.82. The topological polar surface area (TPSA) is 65.2 Å². The molecular formula is C9H9F3N2O2. The molecule has 0 aromatic carbocycles. The van der Waals surface area contributed by atoms with Crippen LogP contribution < -0.4 is 5.73 Å². The van der Waals surface area contributed by atoms with Crippen molar-refractivity contribution in [1.82, 2.24) is 4.98 Å². The maximum absolute atomic E-state index is 13.3. The van der Waals surface area contributed by atoms with Crippen LogP contribution in [0.1, 0.15) is 17.7 Å². The maximum Gasteiger partial charge on any atom is 0.310 e. The summed E-state index contributed by atoms with van der Waals surface area (Å²) in [5.41, 5.74) is 3.81. The summed E-state index contributed by atoms with van der Waals surface area (Å²) in [7, 11) is 1.08. The van der Waals surface area contributed by atoms with Crippen LogP contribution in [-0.4, -0.2) is 18.1 Å². The zero-order valence-corrected chi connectivity index (χ0v) is 8.34. The van der Waals surface area contributed by atoms with Crippen LogP contribution in [0.2, 0.25) is 0 Å². The molecule has 0 fully saturated rings. The van der Waals surface area contributed by atoms with Gasteiger partial charge < -0.3 is 10.5 Å². The smallest absolute Gasteiger partial charge is 0.310 e. The summed E-state index contributed by atoms with van der Waals surface area (Å²) >= 11 is 0. The fraction of sp³-hybridized carbons (Fsp3) is 0.333. The van der Waals surface area contributed by atoms with E-state index in [2.05, 4.69) is 9.72 Å². The number of carbonyl (C=O) groups is 1. The molecule has 0 spiro atoms. The molecule has 0 unspecified atom stereocenters. The molecular weight excluding hydrogens is 225 g/mol. The number of anilines is 1. The summed E-state index contributed by atoms with van der Waals surface area (Å²) < 4.78 is 42.6. The number of carbonyl (C=O) groups excluding carboxylic acids is 1. The minimum Gasteiger partial charge on any atom is -0.469 e. The van der Waals surface area contributed by atoms with E-state index < -0.39 is 35.9 Å². The Balaban J connectivity index is 3.19. The zero-order valence-electron chi connectivity index (χ0n) is 8.34. The Labute approximate surface area is 89.2 Å². The molecule has 0 radical (unpaired) electrons. The summed E-state index contributed by atoms with van der Waals surface area (Å²) in [4.78, 5) is 14.2. The lowest BCUT2D eigenvalue weighted by atomic mass is 10.1. The summed E-state index contributed by atoms with van der Waals surface area (Å²) in [6.07, 6.45) is -3.60. The first-order chi connectivity index (χ1) is 7.45. The number of rotatable bonds is 3. The van der Waals surface area contributed by atoms with Crippen molar-refractivity contribution < 1.29 is 22.7 Å². The van der Waals surface area contributed by atoms with Crippen LogP contribution in [0.25, 0.3) is 0 Å². The van der Waals surface area contributed by atoms with E-state index in [0.29, 0.717) is 0 Å². The molecule has 0 amide bonds. The van der Waals surface area contributed by atoms with Crippen molar-refractivity contribution in [2.24, 2.45) is 0 Å². The Hall–Kier alpha value is -1.79. The number of methoxy groups -OCH3 is 1. The fourth-order valence-electron chi connectivity index (χ4n) is 1.15. The Kier molecular flexibility index (Phi) is 3.70. The van der Waals surface area contributed by atoms with Gasteiger partial charge in [0.1, 0.15) is 17.3 Å². The highest BCUT2D eigenvalue weighted by atomic mass is 19.3. The lowest BCUT2D eigenvalue weighted by molar-refractivity contribution is -0.139. The van der Waals surface area contributed by atoms with Crippen LogP contribution in [-0.2, 0) is 16.0 Å². The third-order valence-electron chi connectivity index (χ3n) is 1.88. The standard InChI is InChI=1S/C9H9F3N2O2/c1-16-7(15)2-4-5(10)3-6(13)14-8(4)9(11)12/h3,9H,2H2,1H3,(H2,13,14). The van der Waals surface area contributed by atoms with Gasteiger partial charge in [-0.05, 0) is 0 Å². The molecule has 0 saturated heterocycles. The van der Waals surface area contributed by atoms with Crippen molar-refractivity contribution in [3.63, 3.8) is 0 Å². The van der Waals surface area contributed by atoms with Crippen LogP contribution in [0.4, 0.5) is 19.0 Å². The number of alkyl halides is 2. The SMILES string of the molecule is COC(=O)Cc1c(F)cc(N)nc1C(F)F. The Morgan fingerprint density at radius 1 is 1.62 bits per heavy atom. The molecule has 2 N–H and O–H groups in total. The van der Waals surface area contributed by atoms with Gasteiger partial charge in [-0.3, -0.25) is 4.79 Å². The number of pyridine rings is 1. The molecule has 0 aliphatic carbocycles. The quantitative estimate of drug-likeness (QED) is 0.804. The predicted octanol–water partition coefficient (Wildman–Crippen LogP) is 1.46. The van der Waals surface area contributed by atoms with Gasteiger partial charge in [0.05, 0.1) is 13.5 Å². The average Bonchev–Trinajstić information content (AvgIpc) is 2.20. The summed E-state index contributed by atoms with van der Waals surface area (Å²) in [6.45, 7) is 0. The molecule has 4 nitrogen and oxygen atoms in total. The Morgan fingerprint density at radius 3 is 2.75 bits per heavy atom. The van der Waals surface area contributed by atoms with Gasteiger partial charge in [-0.25, -0.2) is 18.2 Å². The normalized spacial score (nSPS) is 10.6. The molecule has 88 valence electrons. The molecule has 16 heavy (non-hydrogen) atoms. The van der Waals surface area contributed by atoms with E-state index in [1.165, 1.54) is 0 Å². The lowest BCUT2D eigenvalue weighted by Crippen LogP contribution is -2.12. The molecule has 0 bridgehead atoms. The minimum absolute atomic E-state index is 0.360. The molecule has 1 heterocycles. The number of esters is 1. The minimum atomic E-state index is -3.00. The molecule has 1 aromatic heterocycles. The van der Waals surface area contributed by atoms with Gasteiger partial charge in [0.15, 0.2) is 0 Å². The van der Waals surface area contributed by atoms with Gasteiger partial charge in [0, 0.05) is 11.6 Å².